The summed E-state index contributed by atoms with van der Waals surface area (Å²) in [4.78, 5) is 3.98. The molecular weight excluding hydrogens is 375 g/mol. The normalized spacial score (nSPS) is 15.1. The molecule has 0 saturated heterocycles. The van der Waals surface area contributed by atoms with Crippen molar-refractivity contribution < 1.29 is 13.2 Å². The maximum absolute atomic E-state index is 13.7. The van der Waals surface area contributed by atoms with E-state index in [4.69, 9.17) is 0 Å². The molecule has 2 aromatic carbocycles. The van der Waals surface area contributed by atoms with Gasteiger partial charge in [0.1, 0.15) is 5.82 Å². The highest BCUT2D eigenvalue weighted by atomic mass is 32.2. The summed E-state index contributed by atoms with van der Waals surface area (Å²) in [5, 5.41) is 2.87. The Bertz CT molecular complexity index is 1040. The molecule has 0 aromatic heterocycles. The molecule has 0 fully saturated rings. The van der Waals surface area contributed by atoms with Crippen molar-refractivity contribution in [2.45, 2.75) is 18.2 Å². The summed E-state index contributed by atoms with van der Waals surface area (Å²) in [6.07, 6.45) is 9.94. The van der Waals surface area contributed by atoms with Gasteiger partial charge >= 0.3 is 0 Å². The third kappa shape index (κ3) is 4.35. The summed E-state index contributed by atoms with van der Waals surface area (Å²) in [5.74, 6) is -0.248. The smallest absolute Gasteiger partial charge is 0.126 e. The SMILES string of the molecule is CN=CNc1ccc(C2=C(c3ccc(F)c(C)c3)CC=CC=C2)cc1S(=O)[O-]. The van der Waals surface area contributed by atoms with Crippen LogP contribution in [0.25, 0.3) is 11.1 Å². The van der Waals surface area contributed by atoms with E-state index in [0.29, 0.717) is 17.7 Å². The van der Waals surface area contributed by atoms with Gasteiger partial charge in [0.05, 0.1) is 12.0 Å². The van der Waals surface area contributed by atoms with Crippen LogP contribution in [-0.2, 0) is 11.1 Å². The third-order valence-electron chi connectivity index (χ3n) is 4.48. The molecule has 1 aliphatic carbocycles. The van der Waals surface area contributed by atoms with Gasteiger partial charge in [-0.05, 0) is 76.5 Å². The Morgan fingerprint density at radius 2 is 1.96 bits per heavy atom. The number of nitrogens with zero attached hydrogens (tertiary/aromatic N) is 1. The second kappa shape index (κ2) is 8.91. The Hall–Kier alpha value is -2.83. The zero-order valence-electron chi connectivity index (χ0n) is 15.6. The van der Waals surface area contributed by atoms with E-state index in [0.717, 1.165) is 22.3 Å². The first-order valence-corrected chi connectivity index (χ1v) is 9.82. The molecule has 0 radical (unpaired) electrons. The number of hydrogen-bond acceptors (Lipinski definition) is 3. The number of aryl methyl sites for hydroxylation is 1. The highest BCUT2D eigenvalue weighted by Gasteiger charge is 2.13. The Morgan fingerprint density at radius 1 is 1.18 bits per heavy atom. The fourth-order valence-corrected chi connectivity index (χ4v) is 3.61. The number of rotatable bonds is 5. The molecule has 0 heterocycles. The molecule has 0 spiro atoms. The van der Waals surface area contributed by atoms with Crippen LogP contribution >= 0.6 is 0 Å². The summed E-state index contributed by atoms with van der Waals surface area (Å²) in [6.45, 7) is 1.73. The lowest BCUT2D eigenvalue weighted by Crippen LogP contribution is -2.02. The predicted molar refractivity (Wildman–Crippen MR) is 113 cm³/mol. The monoisotopic (exact) mass is 395 g/mol. The van der Waals surface area contributed by atoms with Gasteiger partial charge in [0, 0.05) is 11.9 Å². The summed E-state index contributed by atoms with van der Waals surface area (Å²) < 4.78 is 37.2. The Kier molecular flexibility index (Phi) is 6.34. The average Bonchev–Trinajstić information content (AvgIpc) is 2.94. The first-order valence-electron chi connectivity index (χ1n) is 8.75. The van der Waals surface area contributed by atoms with Crippen LogP contribution in [0.4, 0.5) is 10.1 Å². The second-order valence-electron chi connectivity index (χ2n) is 6.32. The molecule has 3 rings (SSSR count). The van der Waals surface area contributed by atoms with Gasteiger partial charge in [-0.15, -0.1) is 0 Å². The zero-order chi connectivity index (χ0) is 20.1. The maximum atomic E-state index is 13.7. The minimum atomic E-state index is -2.41. The molecule has 1 aliphatic rings. The standard InChI is InChI=1S/C22H21FN2O2S/c1-15-12-16(8-10-20(15)23)18-6-4-3-5-7-19(18)17-9-11-21(25-14-24-2)22(13-17)28(26)27/h3-5,7-14H,6H2,1-2H3,(H,24,25)(H,26,27)/p-1. The molecule has 0 bridgehead atoms. The van der Waals surface area contributed by atoms with E-state index >= 15 is 0 Å². The molecule has 1 unspecified atom stereocenters. The van der Waals surface area contributed by atoms with E-state index in [2.05, 4.69) is 10.3 Å². The van der Waals surface area contributed by atoms with Crippen molar-refractivity contribution in [1.29, 1.82) is 0 Å². The molecular formula is C22H20FN2O2S-. The molecule has 0 amide bonds. The fourth-order valence-electron chi connectivity index (χ4n) is 3.08. The van der Waals surface area contributed by atoms with Crippen molar-refractivity contribution in [1.82, 2.24) is 0 Å². The van der Waals surface area contributed by atoms with Crippen LogP contribution in [0.3, 0.4) is 0 Å². The number of halogens is 1. The zero-order valence-corrected chi connectivity index (χ0v) is 16.4. The summed E-state index contributed by atoms with van der Waals surface area (Å²) in [5.41, 5.74) is 4.62. The maximum Gasteiger partial charge on any atom is 0.126 e. The highest BCUT2D eigenvalue weighted by Crippen LogP contribution is 2.34. The first-order chi connectivity index (χ1) is 13.5. The van der Waals surface area contributed by atoms with Gasteiger partial charge in [0.25, 0.3) is 0 Å². The summed E-state index contributed by atoms with van der Waals surface area (Å²) in [7, 11) is 1.60. The van der Waals surface area contributed by atoms with Crippen molar-refractivity contribution in [2.75, 3.05) is 12.4 Å². The van der Waals surface area contributed by atoms with Gasteiger partial charge in [-0.1, -0.05) is 36.4 Å². The van der Waals surface area contributed by atoms with Crippen molar-refractivity contribution >= 4 is 34.3 Å². The van der Waals surface area contributed by atoms with E-state index in [1.54, 1.807) is 32.2 Å². The number of aliphatic imine (C=N–C) groups is 1. The Balaban J connectivity index is 2.16. The molecule has 1 N–H and O–H groups in total. The summed E-state index contributed by atoms with van der Waals surface area (Å²) >= 11 is -2.41. The minimum Gasteiger partial charge on any atom is -0.768 e. The van der Waals surface area contributed by atoms with Gasteiger partial charge in [-0.25, -0.2) is 4.39 Å². The van der Waals surface area contributed by atoms with Gasteiger partial charge in [-0.2, -0.15) is 0 Å². The van der Waals surface area contributed by atoms with Gasteiger partial charge in [0.2, 0.25) is 0 Å². The number of nitrogens with one attached hydrogen (secondary N) is 1. The van der Waals surface area contributed by atoms with Crippen LogP contribution in [0.2, 0.25) is 0 Å². The van der Waals surface area contributed by atoms with Gasteiger partial charge in [0.15, 0.2) is 0 Å². The van der Waals surface area contributed by atoms with Crippen molar-refractivity contribution in [3.8, 4) is 0 Å². The fraction of sp³-hybridized carbons (Fsp3) is 0.136. The molecule has 6 heteroatoms. The van der Waals surface area contributed by atoms with Crippen LogP contribution < -0.4 is 5.32 Å². The van der Waals surface area contributed by atoms with E-state index in [-0.39, 0.29) is 10.7 Å². The first kappa shape index (κ1) is 19.9. The molecule has 2 aromatic rings. The predicted octanol–water partition coefficient (Wildman–Crippen LogP) is 4.87. The quantitative estimate of drug-likeness (QED) is 0.446. The van der Waals surface area contributed by atoms with Crippen molar-refractivity contribution in [2.24, 2.45) is 4.99 Å². The van der Waals surface area contributed by atoms with Crippen molar-refractivity contribution in [3.63, 3.8) is 0 Å². The molecule has 4 nitrogen and oxygen atoms in total. The number of anilines is 1. The average molecular weight is 395 g/mol. The highest BCUT2D eigenvalue weighted by molar-refractivity contribution is 7.79. The van der Waals surface area contributed by atoms with Crippen LogP contribution in [0, 0.1) is 12.7 Å². The topological polar surface area (TPSA) is 64.5 Å². The van der Waals surface area contributed by atoms with E-state index < -0.39 is 11.1 Å². The third-order valence-corrected chi connectivity index (χ3v) is 5.18. The van der Waals surface area contributed by atoms with Crippen LogP contribution in [0.15, 0.2) is 70.6 Å². The van der Waals surface area contributed by atoms with Gasteiger partial charge in [-0.3, -0.25) is 9.20 Å². The van der Waals surface area contributed by atoms with E-state index in [9.17, 15) is 13.2 Å². The lowest BCUT2D eigenvalue weighted by Gasteiger charge is -2.17. The largest absolute Gasteiger partial charge is 0.768 e. The lowest BCUT2D eigenvalue weighted by atomic mass is 9.92. The minimum absolute atomic E-state index is 0.158. The van der Waals surface area contributed by atoms with Crippen LogP contribution in [-0.4, -0.2) is 22.1 Å². The van der Waals surface area contributed by atoms with E-state index in [1.165, 1.54) is 12.4 Å². The molecule has 144 valence electrons. The molecule has 0 aliphatic heterocycles. The van der Waals surface area contributed by atoms with E-state index in [1.807, 2.05) is 36.4 Å². The van der Waals surface area contributed by atoms with Crippen LogP contribution in [0.1, 0.15) is 23.1 Å². The van der Waals surface area contributed by atoms with Crippen LogP contribution in [0.5, 0.6) is 0 Å². The Morgan fingerprint density at radius 3 is 2.68 bits per heavy atom. The second-order valence-corrected chi connectivity index (χ2v) is 7.23. The molecule has 28 heavy (non-hydrogen) atoms. The van der Waals surface area contributed by atoms with Gasteiger partial charge < -0.3 is 9.87 Å². The van der Waals surface area contributed by atoms with Crippen molar-refractivity contribution in [3.05, 3.63) is 83.2 Å². The molecule has 0 saturated carbocycles. The number of benzene rings is 2. The number of hydrogen-bond donors (Lipinski definition) is 1. The Labute approximate surface area is 166 Å². The summed E-state index contributed by atoms with van der Waals surface area (Å²) in [6, 6.07) is 10.3. The molecule has 1 atom stereocenters. The number of allylic oxidation sites excluding steroid dienone is 6. The lowest BCUT2D eigenvalue weighted by molar-refractivity contribution is 0.537.